The molecule has 27 heavy (non-hydrogen) atoms. The average molecular weight is 393 g/mol. The predicted octanol–water partition coefficient (Wildman–Crippen LogP) is 4.21. The van der Waals surface area contributed by atoms with Gasteiger partial charge in [0.05, 0.1) is 13.2 Å². The van der Waals surface area contributed by atoms with Gasteiger partial charge in [-0.15, -0.1) is 12.4 Å². The average Bonchev–Trinajstić information content (AvgIpc) is 2.68. The van der Waals surface area contributed by atoms with Gasteiger partial charge >= 0.3 is 0 Å². The molecule has 0 aromatic heterocycles. The second-order valence-electron chi connectivity index (χ2n) is 6.64. The molecule has 0 heterocycles. The van der Waals surface area contributed by atoms with E-state index in [-0.39, 0.29) is 12.4 Å². The summed E-state index contributed by atoms with van der Waals surface area (Å²) in [6, 6.07) is 20.0. The van der Waals surface area contributed by atoms with E-state index in [0.717, 1.165) is 63.7 Å². The van der Waals surface area contributed by atoms with Crippen LogP contribution in [-0.2, 0) is 0 Å². The molecule has 0 saturated carbocycles. The van der Waals surface area contributed by atoms with E-state index in [0.29, 0.717) is 0 Å². The Labute approximate surface area is 170 Å². The largest absolute Gasteiger partial charge is 0.494 e. The van der Waals surface area contributed by atoms with Gasteiger partial charge in [0, 0.05) is 26.2 Å². The number of para-hydroxylation sites is 2. The Morgan fingerprint density at radius 3 is 1.33 bits per heavy atom. The highest BCUT2D eigenvalue weighted by molar-refractivity contribution is 5.85. The molecule has 0 unspecified atom stereocenters. The number of rotatable bonds is 13. The quantitative estimate of drug-likeness (QED) is 0.477. The van der Waals surface area contributed by atoms with E-state index >= 15 is 0 Å². The van der Waals surface area contributed by atoms with Crippen LogP contribution in [0.5, 0.6) is 11.5 Å². The number of nitrogens with zero attached hydrogens (tertiary/aromatic N) is 2. The summed E-state index contributed by atoms with van der Waals surface area (Å²) in [6.07, 6.45) is 2.08. The third-order valence-electron chi connectivity index (χ3n) is 4.26. The molecule has 2 rings (SSSR count). The summed E-state index contributed by atoms with van der Waals surface area (Å²) >= 11 is 0. The summed E-state index contributed by atoms with van der Waals surface area (Å²) in [5.41, 5.74) is 0. The number of hydrogen-bond acceptors (Lipinski definition) is 4. The molecule has 0 spiro atoms. The van der Waals surface area contributed by atoms with Crippen molar-refractivity contribution < 1.29 is 9.47 Å². The van der Waals surface area contributed by atoms with E-state index in [1.54, 1.807) is 0 Å². The summed E-state index contributed by atoms with van der Waals surface area (Å²) in [6.45, 7) is 5.78. The van der Waals surface area contributed by atoms with Crippen LogP contribution in [0.2, 0.25) is 0 Å². The molecule has 0 radical (unpaired) electrons. The van der Waals surface area contributed by atoms with Gasteiger partial charge in [0.1, 0.15) is 11.5 Å². The van der Waals surface area contributed by atoms with Gasteiger partial charge in [0.2, 0.25) is 0 Å². The van der Waals surface area contributed by atoms with Gasteiger partial charge in [0.25, 0.3) is 0 Å². The van der Waals surface area contributed by atoms with E-state index in [9.17, 15) is 0 Å². The molecule has 0 saturated heterocycles. The second-order valence-corrected chi connectivity index (χ2v) is 6.64. The van der Waals surface area contributed by atoms with Crippen LogP contribution in [0.25, 0.3) is 0 Å². The normalized spacial score (nSPS) is 10.7. The zero-order valence-corrected chi connectivity index (χ0v) is 17.4. The van der Waals surface area contributed by atoms with Crippen molar-refractivity contribution in [2.24, 2.45) is 0 Å². The molecule has 0 bridgehead atoms. The molecule has 0 atom stereocenters. The molecule has 5 heteroatoms. The topological polar surface area (TPSA) is 24.9 Å². The zero-order valence-electron chi connectivity index (χ0n) is 16.5. The Hall–Kier alpha value is -1.75. The van der Waals surface area contributed by atoms with Crippen LogP contribution in [0.4, 0.5) is 0 Å². The number of ether oxygens (including phenoxy) is 2. The lowest BCUT2D eigenvalue weighted by Crippen LogP contribution is -2.32. The van der Waals surface area contributed by atoms with Crippen LogP contribution in [-0.4, -0.2) is 63.3 Å². The highest BCUT2D eigenvalue weighted by atomic mass is 35.5. The zero-order chi connectivity index (χ0) is 18.5. The molecule has 0 aliphatic heterocycles. The van der Waals surface area contributed by atoms with E-state index in [4.69, 9.17) is 9.47 Å². The van der Waals surface area contributed by atoms with E-state index < -0.39 is 0 Å². The smallest absolute Gasteiger partial charge is 0.119 e. The van der Waals surface area contributed by atoms with Crippen LogP contribution >= 0.6 is 12.4 Å². The van der Waals surface area contributed by atoms with Crippen molar-refractivity contribution in [3.8, 4) is 11.5 Å². The molecular formula is C22H33ClN2O2. The van der Waals surface area contributed by atoms with Gasteiger partial charge in [-0.2, -0.15) is 0 Å². The van der Waals surface area contributed by atoms with Crippen LogP contribution in [0.15, 0.2) is 60.7 Å². The Morgan fingerprint density at radius 2 is 0.963 bits per heavy atom. The standard InChI is InChI=1S/C22H32N2O2.ClH/c1-23(15-9-19-25-21-11-5-3-6-12-21)17-18-24(2)16-10-20-26-22-13-7-4-8-14-22;/h3-8,11-14H,9-10,15-20H2,1-2H3;1H. The highest BCUT2D eigenvalue weighted by Gasteiger charge is 2.03. The van der Waals surface area contributed by atoms with E-state index in [2.05, 4.69) is 23.9 Å². The Morgan fingerprint density at radius 1 is 0.593 bits per heavy atom. The maximum absolute atomic E-state index is 5.73. The second kappa shape index (κ2) is 14.3. The van der Waals surface area contributed by atoms with Crippen molar-refractivity contribution in [2.45, 2.75) is 12.8 Å². The lowest BCUT2D eigenvalue weighted by molar-refractivity contribution is 0.221. The molecule has 2 aromatic carbocycles. The summed E-state index contributed by atoms with van der Waals surface area (Å²) in [5, 5.41) is 0. The van der Waals surface area contributed by atoms with Crippen LogP contribution in [0, 0.1) is 0 Å². The summed E-state index contributed by atoms with van der Waals surface area (Å²) in [5.74, 6) is 1.90. The summed E-state index contributed by atoms with van der Waals surface area (Å²) in [7, 11) is 4.35. The van der Waals surface area contributed by atoms with Crippen molar-refractivity contribution in [3.05, 3.63) is 60.7 Å². The van der Waals surface area contributed by atoms with E-state index in [1.807, 2.05) is 60.7 Å². The molecule has 150 valence electrons. The fourth-order valence-electron chi connectivity index (χ4n) is 2.65. The number of benzene rings is 2. The molecule has 0 fully saturated rings. The highest BCUT2D eigenvalue weighted by Crippen LogP contribution is 2.09. The third-order valence-corrected chi connectivity index (χ3v) is 4.26. The predicted molar refractivity (Wildman–Crippen MR) is 115 cm³/mol. The minimum Gasteiger partial charge on any atom is -0.494 e. The Balaban J connectivity index is 0.00000364. The molecule has 0 aliphatic rings. The minimum atomic E-state index is 0. The van der Waals surface area contributed by atoms with Crippen molar-refractivity contribution in [1.29, 1.82) is 0 Å². The Bertz CT molecular complexity index is 530. The number of hydrogen-bond donors (Lipinski definition) is 0. The van der Waals surface area contributed by atoms with Crippen molar-refractivity contribution in [2.75, 3.05) is 53.5 Å². The van der Waals surface area contributed by atoms with E-state index in [1.165, 1.54) is 0 Å². The van der Waals surface area contributed by atoms with Crippen molar-refractivity contribution in [3.63, 3.8) is 0 Å². The molecular weight excluding hydrogens is 360 g/mol. The first-order valence-corrected chi connectivity index (χ1v) is 9.47. The lowest BCUT2D eigenvalue weighted by atomic mass is 10.3. The fraction of sp³-hybridized carbons (Fsp3) is 0.455. The summed E-state index contributed by atoms with van der Waals surface area (Å²) in [4.78, 5) is 4.73. The molecule has 2 aromatic rings. The first kappa shape index (κ1) is 23.3. The fourth-order valence-corrected chi connectivity index (χ4v) is 2.65. The molecule has 4 nitrogen and oxygen atoms in total. The molecule has 0 aliphatic carbocycles. The monoisotopic (exact) mass is 392 g/mol. The lowest BCUT2D eigenvalue weighted by Gasteiger charge is -2.22. The first-order chi connectivity index (χ1) is 12.7. The molecule has 0 N–H and O–H groups in total. The number of likely N-dealkylation sites (N-methyl/N-ethyl adjacent to an activating group) is 2. The molecule has 0 amide bonds. The van der Waals surface area contributed by atoms with Gasteiger partial charge < -0.3 is 19.3 Å². The van der Waals surface area contributed by atoms with Gasteiger partial charge in [-0.1, -0.05) is 36.4 Å². The van der Waals surface area contributed by atoms with Gasteiger partial charge in [0.15, 0.2) is 0 Å². The maximum atomic E-state index is 5.73. The van der Waals surface area contributed by atoms with Crippen LogP contribution < -0.4 is 9.47 Å². The summed E-state index contributed by atoms with van der Waals surface area (Å²) < 4.78 is 11.5. The third kappa shape index (κ3) is 10.9. The van der Waals surface area contributed by atoms with Gasteiger partial charge in [-0.25, -0.2) is 0 Å². The van der Waals surface area contributed by atoms with Crippen molar-refractivity contribution in [1.82, 2.24) is 9.80 Å². The maximum Gasteiger partial charge on any atom is 0.119 e. The van der Waals surface area contributed by atoms with Crippen LogP contribution in [0.1, 0.15) is 12.8 Å². The van der Waals surface area contributed by atoms with Crippen molar-refractivity contribution >= 4 is 12.4 Å². The van der Waals surface area contributed by atoms with Gasteiger partial charge in [-0.05, 0) is 51.2 Å². The Kier molecular flexibility index (Phi) is 12.4. The van der Waals surface area contributed by atoms with Gasteiger partial charge in [-0.3, -0.25) is 0 Å². The SMILES string of the molecule is CN(CCCOc1ccccc1)CCN(C)CCCOc1ccccc1.Cl. The minimum absolute atomic E-state index is 0. The first-order valence-electron chi connectivity index (χ1n) is 9.47. The number of halogens is 1. The van der Waals surface area contributed by atoms with Crippen LogP contribution in [0.3, 0.4) is 0 Å².